The molecule has 0 aliphatic heterocycles. The number of alkyl carbamates (subject to hydrolysis) is 1. The van der Waals surface area contributed by atoms with Crippen LogP contribution in [0.15, 0.2) is 0 Å². The molecule has 31 heavy (non-hydrogen) atoms. The summed E-state index contributed by atoms with van der Waals surface area (Å²) in [6, 6.07) is 0. The van der Waals surface area contributed by atoms with E-state index in [-0.39, 0.29) is 12.4 Å². The van der Waals surface area contributed by atoms with Gasteiger partial charge in [0.05, 0.1) is 12.8 Å². The maximum Gasteiger partial charge on any atom is 0.407 e. The van der Waals surface area contributed by atoms with E-state index in [2.05, 4.69) is 5.32 Å². The Hall–Kier alpha value is -1.91. The number of ether oxygens (including phenoxy) is 2. The Morgan fingerprint density at radius 2 is 1.32 bits per heavy atom. The van der Waals surface area contributed by atoms with E-state index in [4.69, 9.17) is 20.3 Å². The molecule has 0 rings (SSSR count). The Balaban J connectivity index is 0. The zero-order valence-electron chi connectivity index (χ0n) is 20.6. The first-order valence-corrected chi connectivity index (χ1v) is 10.5. The van der Waals surface area contributed by atoms with E-state index in [1.165, 1.54) is 0 Å². The van der Waals surface area contributed by atoms with Gasteiger partial charge < -0.3 is 35.4 Å². The molecule has 0 radical (unpaired) electrons. The number of carbonyl (C=O) groups is 3. The number of nitrogens with two attached hydrogens (primary N) is 1. The van der Waals surface area contributed by atoms with Gasteiger partial charge in [0.1, 0.15) is 11.2 Å². The van der Waals surface area contributed by atoms with Crippen LogP contribution in [0.25, 0.3) is 0 Å². The SMILES string of the molecule is CN(CCN)CCC(=O)O.CN(CCNC(=O)OC(C)(C)C)CCC(=O)OC(C)(C)C. The fourth-order valence-corrected chi connectivity index (χ4v) is 2.07. The van der Waals surface area contributed by atoms with Gasteiger partial charge in [-0.15, -0.1) is 0 Å². The highest BCUT2D eigenvalue weighted by molar-refractivity contribution is 5.70. The second-order valence-electron chi connectivity index (χ2n) is 9.30. The lowest BCUT2D eigenvalue weighted by atomic mass is 10.2. The number of carboxylic acids is 1. The van der Waals surface area contributed by atoms with E-state index >= 15 is 0 Å². The second kappa shape index (κ2) is 15.8. The van der Waals surface area contributed by atoms with Gasteiger partial charge in [-0.25, -0.2) is 4.79 Å². The number of amides is 1. The number of hydrogen-bond acceptors (Lipinski definition) is 8. The number of nitrogens with zero attached hydrogens (tertiary/aromatic N) is 2. The largest absolute Gasteiger partial charge is 0.481 e. The minimum atomic E-state index is -0.760. The van der Waals surface area contributed by atoms with Crippen LogP contribution in [-0.2, 0) is 19.1 Å². The molecule has 0 unspecified atom stereocenters. The first-order chi connectivity index (χ1) is 14.1. The topological polar surface area (TPSA) is 134 Å². The molecule has 184 valence electrons. The molecule has 0 aliphatic carbocycles. The summed E-state index contributed by atoms with van der Waals surface area (Å²) in [5, 5.41) is 10.9. The van der Waals surface area contributed by atoms with Crippen LogP contribution < -0.4 is 11.1 Å². The second-order valence-corrected chi connectivity index (χ2v) is 9.30. The Bertz CT molecular complexity index is 529. The maximum atomic E-state index is 11.6. The molecule has 0 aromatic heterocycles. The van der Waals surface area contributed by atoms with Crippen molar-refractivity contribution in [2.24, 2.45) is 5.73 Å². The molecule has 4 N–H and O–H groups in total. The minimum Gasteiger partial charge on any atom is -0.481 e. The summed E-state index contributed by atoms with van der Waals surface area (Å²) in [7, 11) is 3.75. The van der Waals surface area contributed by atoms with Crippen molar-refractivity contribution in [3.8, 4) is 0 Å². The van der Waals surface area contributed by atoms with E-state index in [0.717, 1.165) is 6.54 Å². The number of carbonyl (C=O) groups excluding carboxylic acids is 2. The van der Waals surface area contributed by atoms with Crippen LogP contribution in [0.2, 0.25) is 0 Å². The van der Waals surface area contributed by atoms with E-state index in [0.29, 0.717) is 39.1 Å². The van der Waals surface area contributed by atoms with Gasteiger partial charge in [-0.2, -0.15) is 0 Å². The predicted octanol–water partition coefficient (Wildman–Crippen LogP) is 1.53. The number of hydrogen-bond donors (Lipinski definition) is 3. The highest BCUT2D eigenvalue weighted by Gasteiger charge is 2.17. The Morgan fingerprint density at radius 1 is 0.839 bits per heavy atom. The zero-order chi connectivity index (χ0) is 24.7. The van der Waals surface area contributed by atoms with Crippen LogP contribution in [0.3, 0.4) is 0 Å². The van der Waals surface area contributed by atoms with Gasteiger partial charge in [-0.3, -0.25) is 9.59 Å². The van der Waals surface area contributed by atoms with Crippen molar-refractivity contribution in [2.75, 3.05) is 53.4 Å². The minimum absolute atomic E-state index is 0.191. The molecule has 0 bridgehead atoms. The van der Waals surface area contributed by atoms with Crippen molar-refractivity contribution in [2.45, 2.75) is 65.6 Å². The van der Waals surface area contributed by atoms with E-state index in [9.17, 15) is 14.4 Å². The third-order valence-electron chi connectivity index (χ3n) is 3.50. The third kappa shape index (κ3) is 26.1. The average molecular weight is 449 g/mol. The summed E-state index contributed by atoms with van der Waals surface area (Å²) in [6.45, 7) is 14.6. The van der Waals surface area contributed by atoms with Gasteiger partial charge >= 0.3 is 18.0 Å². The van der Waals surface area contributed by atoms with Gasteiger partial charge in [0, 0.05) is 39.3 Å². The Labute approximate surface area is 187 Å². The van der Waals surface area contributed by atoms with Gasteiger partial charge in [-0.1, -0.05) is 0 Å². The number of likely N-dealkylation sites (N-methyl/N-ethyl adjacent to an activating group) is 2. The summed E-state index contributed by atoms with van der Waals surface area (Å²) in [5.74, 6) is -0.974. The van der Waals surface area contributed by atoms with E-state index < -0.39 is 23.3 Å². The van der Waals surface area contributed by atoms with Gasteiger partial charge in [0.25, 0.3) is 0 Å². The number of carboxylic acid groups (broad SMARTS) is 1. The Morgan fingerprint density at radius 3 is 1.77 bits per heavy atom. The van der Waals surface area contributed by atoms with Crippen molar-refractivity contribution in [3.05, 3.63) is 0 Å². The first-order valence-electron chi connectivity index (χ1n) is 10.5. The summed E-state index contributed by atoms with van der Waals surface area (Å²) in [6.07, 6.45) is 0.0968. The smallest absolute Gasteiger partial charge is 0.407 e. The molecule has 10 nitrogen and oxygen atoms in total. The summed E-state index contributed by atoms with van der Waals surface area (Å²) < 4.78 is 10.4. The van der Waals surface area contributed by atoms with Crippen molar-refractivity contribution in [1.29, 1.82) is 0 Å². The summed E-state index contributed by atoms with van der Waals surface area (Å²) >= 11 is 0. The van der Waals surface area contributed by atoms with Crippen LogP contribution in [0.4, 0.5) is 4.79 Å². The average Bonchev–Trinajstić information content (AvgIpc) is 2.56. The van der Waals surface area contributed by atoms with Crippen molar-refractivity contribution in [1.82, 2.24) is 15.1 Å². The molecule has 0 heterocycles. The molecule has 0 aromatic carbocycles. The number of rotatable bonds is 11. The van der Waals surface area contributed by atoms with Gasteiger partial charge in [0.15, 0.2) is 0 Å². The molecule has 0 aromatic rings. The molecule has 10 heteroatoms. The monoisotopic (exact) mass is 448 g/mol. The number of esters is 1. The van der Waals surface area contributed by atoms with E-state index in [1.807, 2.05) is 65.4 Å². The summed E-state index contributed by atoms with van der Waals surface area (Å²) in [4.78, 5) is 36.9. The molecular formula is C21H44N4O6. The van der Waals surface area contributed by atoms with Crippen LogP contribution in [0.1, 0.15) is 54.4 Å². The van der Waals surface area contributed by atoms with Crippen LogP contribution in [0, 0.1) is 0 Å². The first kappa shape index (κ1) is 31.3. The Kier molecular flexibility index (Phi) is 16.0. The normalized spacial score (nSPS) is 11.6. The number of nitrogens with one attached hydrogen (secondary N) is 1. The lowest BCUT2D eigenvalue weighted by molar-refractivity contribution is -0.155. The standard InChI is InChI=1S/C15H30N2O4.C6H14N2O2/c1-14(2,3)20-12(18)8-10-17(7)11-9-16-13(19)21-15(4,5)6;1-8(5-3-7)4-2-6(9)10/h8-11H2,1-7H3,(H,16,19);2-5,7H2,1H3,(H,9,10). The van der Waals surface area contributed by atoms with E-state index in [1.54, 1.807) is 0 Å². The third-order valence-corrected chi connectivity index (χ3v) is 3.50. The molecule has 0 atom stereocenters. The molecule has 0 fully saturated rings. The molecule has 0 saturated carbocycles. The van der Waals surface area contributed by atoms with Gasteiger partial charge in [-0.05, 0) is 55.6 Å². The summed E-state index contributed by atoms with van der Waals surface area (Å²) in [5.41, 5.74) is 4.30. The zero-order valence-corrected chi connectivity index (χ0v) is 20.6. The van der Waals surface area contributed by atoms with Crippen LogP contribution >= 0.6 is 0 Å². The fraction of sp³-hybridized carbons (Fsp3) is 0.857. The van der Waals surface area contributed by atoms with Crippen molar-refractivity contribution < 1.29 is 29.0 Å². The molecule has 1 amide bonds. The molecule has 0 aliphatic rings. The molecular weight excluding hydrogens is 404 g/mol. The lowest BCUT2D eigenvalue weighted by Gasteiger charge is -2.22. The van der Waals surface area contributed by atoms with Crippen LogP contribution in [0.5, 0.6) is 0 Å². The predicted molar refractivity (Wildman–Crippen MR) is 121 cm³/mol. The quantitative estimate of drug-likeness (QED) is 0.402. The maximum absolute atomic E-state index is 11.6. The lowest BCUT2D eigenvalue weighted by Crippen LogP contribution is -2.37. The molecule has 0 spiro atoms. The van der Waals surface area contributed by atoms with Crippen LogP contribution in [-0.4, -0.2) is 97.5 Å². The molecule has 0 saturated heterocycles. The number of aliphatic carboxylic acids is 1. The van der Waals surface area contributed by atoms with Gasteiger partial charge in [0.2, 0.25) is 0 Å². The van der Waals surface area contributed by atoms with Crippen molar-refractivity contribution in [3.63, 3.8) is 0 Å². The highest BCUT2D eigenvalue weighted by Crippen LogP contribution is 2.08. The fourth-order valence-electron chi connectivity index (χ4n) is 2.07. The van der Waals surface area contributed by atoms with Crippen molar-refractivity contribution >= 4 is 18.0 Å². The highest BCUT2D eigenvalue weighted by atomic mass is 16.6.